The molecule has 3 rings (SSSR count). The number of nitrogen functional groups attached to an aromatic ring is 1. The third kappa shape index (κ3) is 2.04. The molecular weight excluding hydrogens is 308 g/mol. The van der Waals surface area contributed by atoms with E-state index in [0.717, 1.165) is 15.7 Å². The van der Waals surface area contributed by atoms with Crippen LogP contribution in [0.25, 0.3) is 16.9 Å². The molecule has 0 aliphatic rings. The Morgan fingerprint density at radius 3 is 2.53 bits per heavy atom. The summed E-state index contributed by atoms with van der Waals surface area (Å²) in [5, 5.41) is 0. The molecular formula is C13H11BrN4O. The topological polar surface area (TPSA) is 66.0 Å². The molecule has 6 heteroatoms. The van der Waals surface area contributed by atoms with Gasteiger partial charge in [-0.15, -0.1) is 0 Å². The SMILES string of the molecule is COc1ccc2nc(N)n(-c3ccc(Br)cc3)c2n1. The Hall–Kier alpha value is -2.08. The number of methoxy groups -OCH3 is 1. The van der Waals surface area contributed by atoms with Gasteiger partial charge in [0.2, 0.25) is 11.8 Å². The molecule has 0 saturated heterocycles. The molecule has 19 heavy (non-hydrogen) atoms. The van der Waals surface area contributed by atoms with Crippen LogP contribution in [0.3, 0.4) is 0 Å². The summed E-state index contributed by atoms with van der Waals surface area (Å²) < 4.78 is 7.94. The van der Waals surface area contributed by atoms with Gasteiger partial charge in [0.15, 0.2) is 5.65 Å². The van der Waals surface area contributed by atoms with Gasteiger partial charge in [-0.3, -0.25) is 4.57 Å². The van der Waals surface area contributed by atoms with E-state index in [-0.39, 0.29) is 0 Å². The Balaban J connectivity index is 2.26. The van der Waals surface area contributed by atoms with Gasteiger partial charge in [-0.25, -0.2) is 4.98 Å². The second-order valence-electron chi connectivity index (χ2n) is 3.98. The normalized spacial score (nSPS) is 10.8. The molecule has 96 valence electrons. The van der Waals surface area contributed by atoms with Crippen LogP contribution in [-0.4, -0.2) is 21.6 Å². The predicted molar refractivity (Wildman–Crippen MR) is 77.5 cm³/mol. The zero-order valence-corrected chi connectivity index (χ0v) is 11.8. The predicted octanol–water partition coefficient (Wildman–Crippen LogP) is 2.77. The number of halogens is 1. The van der Waals surface area contributed by atoms with E-state index < -0.39 is 0 Å². The summed E-state index contributed by atoms with van der Waals surface area (Å²) in [5.74, 6) is 0.934. The van der Waals surface area contributed by atoms with Gasteiger partial charge >= 0.3 is 0 Å². The zero-order chi connectivity index (χ0) is 13.4. The number of pyridine rings is 1. The van der Waals surface area contributed by atoms with Crippen LogP contribution in [0.1, 0.15) is 0 Å². The van der Waals surface area contributed by atoms with Crippen LogP contribution >= 0.6 is 15.9 Å². The summed E-state index contributed by atoms with van der Waals surface area (Å²) in [6, 6.07) is 11.4. The number of nitrogens with zero attached hydrogens (tertiary/aromatic N) is 3. The molecule has 3 aromatic rings. The summed E-state index contributed by atoms with van der Waals surface area (Å²) in [4.78, 5) is 8.70. The molecule has 5 nitrogen and oxygen atoms in total. The van der Waals surface area contributed by atoms with Crippen LogP contribution in [0.2, 0.25) is 0 Å². The number of aromatic nitrogens is 3. The first-order chi connectivity index (χ1) is 9.19. The van der Waals surface area contributed by atoms with Gasteiger partial charge in [-0.05, 0) is 30.3 Å². The molecule has 0 unspecified atom stereocenters. The maximum atomic E-state index is 5.97. The summed E-state index contributed by atoms with van der Waals surface area (Å²) >= 11 is 3.41. The summed E-state index contributed by atoms with van der Waals surface area (Å²) in [6.45, 7) is 0. The lowest BCUT2D eigenvalue weighted by molar-refractivity contribution is 0.399. The van der Waals surface area contributed by atoms with Crippen molar-refractivity contribution in [2.24, 2.45) is 0 Å². The van der Waals surface area contributed by atoms with Gasteiger partial charge in [0.1, 0.15) is 5.52 Å². The highest BCUT2D eigenvalue weighted by Crippen LogP contribution is 2.24. The molecule has 0 bridgehead atoms. The van der Waals surface area contributed by atoms with Crippen molar-refractivity contribution in [2.45, 2.75) is 0 Å². The van der Waals surface area contributed by atoms with Crippen molar-refractivity contribution in [2.75, 3.05) is 12.8 Å². The van der Waals surface area contributed by atoms with Gasteiger partial charge < -0.3 is 10.5 Å². The quantitative estimate of drug-likeness (QED) is 0.789. The van der Waals surface area contributed by atoms with Crippen LogP contribution in [0.5, 0.6) is 5.88 Å². The second kappa shape index (κ2) is 4.55. The van der Waals surface area contributed by atoms with E-state index in [1.165, 1.54) is 0 Å². The molecule has 2 aromatic heterocycles. The van der Waals surface area contributed by atoms with Gasteiger partial charge in [-0.2, -0.15) is 4.98 Å². The monoisotopic (exact) mass is 318 g/mol. The molecule has 0 aliphatic heterocycles. The highest BCUT2D eigenvalue weighted by Gasteiger charge is 2.12. The van der Waals surface area contributed by atoms with Crippen molar-refractivity contribution in [3.8, 4) is 11.6 Å². The van der Waals surface area contributed by atoms with E-state index in [9.17, 15) is 0 Å². The minimum Gasteiger partial charge on any atom is -0.481 e. The highest BCUT2D eigenvalue weighted by molar-refractivity contribution is 9.10. The average molecular weight is 319 g/mol. The molecule has 0 spiro atoms. The second-order valence-corrected chi connectivity index (χ2v) is 4.89. The summed E-state index contributed by atoms with van der Waals surface area (Å²) in [7, 11) is 1.58. The fourth-order valence-electron chi connectivity index (χ4n) is 1.92. The molecule has 0 radical (unpaired) electrons. The molecule has 0 amide bonds. The smallest absolute Gasteiger partial charge is 0.215 e. The first-order valence-corrected chi connectivity index (χ1v) is 6.43. The highest BCUT2D eigenvalue weighted by atomic mass is 79.9. The third-order valence-corrected chi connectivity index (χ3v) is 3.33. The van der Waals surface area contributed by atoms with Crippen LogP contribution in [0.15, 0.2) is 40.9 Å². The Morgan fingerprint density at radius 2 is 1.84 bits per heavy atom. The Kier molecular flexibility index (Phi) is 2.87. The van der Waals surface area contributed by atoms with E-state index in [1.807, 2.05) is 30.3 Å². The number of ether oxygens (including phenoxy) is 1. The van der Waals surface area contributed by atoms with Crippen molar-refractivity contribution in [3.63, 3.8) is 0 Å². The van der Waals surface area contributed by atoms with Crippen molar-refractivity contribution in [3.05, 3.63) is 40.9 Å². The largest absolute Gasteiger partial charge is 0.481 e. The Labute approximate surface area is 118 Å². The molecule has 0 atom stereocenters. The Bertz CT molecular complexity index is 736. The average Bonchev–Trinajstić information content (AvgIpc) is 2.75. The third-order valence-electron chi connectivity index (χ3n) is 2.80. The van der Waals surface area contributed by atoms with Crippen molar-refractivity contribution >= 4 is 33.0 Å². The number of hydrogen-bond acceptors (Lipinski definition) is 4. The molecule has 0 fully saturated rings. The molecule has 2 N–H and O–H groups in total. The number of benzene rings is 1. The van der Waals surface area contributed by atoms with Gasteiger partial charge in [-0.1, -0.05) is 15.9 Å². The van der Waals surface area contributed by atoms with Crippen LogP contribution in [0.4, 0.5) is 5.95 Å². The van der Waals surface area contributed by atoms with Crippen molar-refractivity contribution in [1.82, 2.24) is 14.5 Å². The van der Waals surface area contributed by atoms with Crippen molar-refractivity contribution in [1.29, 1.82) is 0 Å². The molecule has 1 aromatic carbocycles. The summed E-state index contributed by atoms with van der Waals surface area (Å²) in [5.41, 5.74) is 8.30. The summed E-state index contributed by atoms with van der Waals surface area (Å²) in [6.07, 6.45) is 0. The zero-order valence-electron chi connectivity index (χ0n) is 10.2. The van der Waals surface area contributed by atoms with Gasteiger partial charge in [0.25, 0.3) is 0 Å². The number of nitrogens with two attached hydrogens (primary N) is 1. The maximum Gasteiger partial charge on any atom is 0.215 e. The molecule has 0 saturated carbocycles. The minimum atomic E-state index is 0.401. The maximum absolute atomic E-state index is 5.97. The lowest BCUT2D eigenvalue weighted by atomic mass is 10.3. The number of anilines is 1. The van der Waals surface area contributed by atoms with Gasteiger partial charge in [0.05, 0.1) is 12.8 Å². The van der Waals surface area contributed by atoms with E-state index in [0.29, 0.717) is 17.5 Å². The van der Waals surface area contributed by atoms with E-state index >= 15 is 0 Å². The minimum absolute atomic E-state index is 0.401. The molecule has 0 aliphatic carbocycles. The van der Waals surface area contributed by atoms with Gasteiger partial charge in [0, 0.05) is 10.5 Å². The number of imidazole rings is 1. The van der Waals surface area contributed by atoms with E-state index in [4.69, 9.17) is 10.5 Å². The number of rotatable bonds is 2. The lowest BCUT2D eigenvalue weighted by Gasteiger charge is -2.06. The van der Waals surface area contributed by atoms with E-state index in [1.54, 1.807) is 17.7 Å². The number of hydrogen-bond donors (Lipinski definition) is 1. The fourth-order valence-corrected chi connectivity index (χ4v) is 2.18. The first-order valence-electron chi connectivity index (χ1n) is 5.64. The van der Waals surface area contributed by atoms with Crippen LogP contribution < -0.4 is 10.5 Å². The lowest BCUT2D eigenvalue weighted by Crippen LogP contribution is -2.01. The molecule has 2 heterocycles. The number of fused-ring (bicyclic) bond motifs is 1. The fraction of sp³-hybridized carbons (Fsp3) is 0.0769. The van der Waals surface area contributed by atoms with Crippen LogP contribution in [-0.2, 0) is 0 Å². The van der Waals surface area contributed by atoms with E-state index in [2.05, 4.69) is 25.9 Å². The Morgan fingerprint density at radius 1 is 1.11 bits per heavy atom. The first kappa shape index (κ1) is 12.0. The standard InChI is InChI=1S/C13H11BrN4O/c1-19-11-7-6-10-12(17-11)18(13(15)16-10)9-4-2-8(14)3-5-9/h2-7H,1H3,(H2,15,16). The van der Waals surface area contributed by atoms with Crippen molar-refractivity contribution < 1.29 is 4.74 Å². The van der Waals surface area contributed by atoms with Crippen LogP contribution in [0, 0.1) is 0 Å².